The Balaban J connectivity index is 0.888. The summed E-state index contributed by atoms with van der Waals surface area (Å²) in [6.45, 7) is 4.06. The van der Waals surface area contributed by atoms with Gasteiger partial charge in [-0.3, -0.25) is 24.2 Å². The maximum absolute atomic E-state index is 13.9. The number of carboxylic acids is 1. The highest BCUT2D eigenvalue weighted by Crippen LogP contribution is 2.62. The molecule has 2 aliphatic heterocycles. The number of fused-ring (bicyclic) bond motifs is 4. The molecule has 9 rings (SSSR count). The van der Waals surface area contributed by atoms with Gasteiger partial charge in [0.05, 0.1) is 33.2 Å². The number of imidazole rings is 2. The molecular formula is C41H46Cl2N8O4. The number of nitrogens with one attached hydrogen (secondary N) is 1. The Morgan fingerprint density at radius 1 is 0.927 bits per heavy atom. The fourth-order valence-corrected chi connectivity index (χ4v) is 10.5. The van der Waals surface area contributed by atoms with Gasteiger partial charge in [-0.05, 0) is 74.1 Å². The van der Waals surface area contributed by atoms with Gasteiger partial charge in [0.15, 0.2) is 5.82 Å². The summed E-state index contributed by atoms with van der Waals surface area (Å²) in [5.41, 5.74) is 5.76. The molecule has 5 aliphatic rings. The van der Waals surface area contributed by atoms with Gasteiger partial charge in [0, 0.05) is 94.4 Å². The minimum absolute atomic E-state index is 0.0469. The molecule has 0 saturated heterocycles. The molecule has 4 aromatic rings. The molecule has 55 heavy (non-hydrogen) atoms. The highest BCUT2D eigenvalue weighted by molar-refractivity contribution is 6.39. The Bertz CT molecular complexity index is 2220. The van der Waals surface area contributed by atoms with Gasteiger partial charge in [-0.2, -0.15) is 0 Å². The molecule has 0 spiro atoms. The number of benzene rings is 2. The van der Waals surface area contributed by atoms with Gasteiger partial charge in [0.1, 0.15) is 0 Å². The summed E-state index contributed by atoms with van der Waals surface area (Å²) in [6.07, 6.45) is 9.54. The maximum Gasteiger partial charge on any atom is 0.309 e. The van der Waals surface area contributed by atoms with E-state index in [9.17, 15) is 19.5 Å². The lowest BCUT2D eigenvalue weighted by Crippen LogP contribution is -2.43. The van der Waals surface area contributed by atoms with E-state index in [-0.39, 0.29) is 17.1 Å². The minimum atomic E-state index is -0.647. The zero-order chi connectivity index (χ0) is 38.2. The van der Waals surface area contributed by atoms with Gasteiger partial charge < -0.3 is 19.6 Å². The highest BCUT2D eigenvalue weighted by atomic mass is 35.5. The van der Waals surface area contributed by atoms with Crippen molar-refractivity contribution in [2.45, 2.75) is 83.3 Å². The molecule has 2 aromatic heterocycles. The second-order valence-corrected chi connectivity index (χ2v) is 17.3. The fraction of sp³-hybridized carbons (Fsp3) is 0.488. The van der Waals surface area contributed by atoms with E-state index in [2.05, 4.69) is 15.1 Å². The minimum Gasteiger partial charge on any atom is -0.481 e. The molecule has 2 N–H and O–H groups in total. The summed E-state index contributed by atoms with van der Waals surface area (Å²) >= 11 is 13.7. The average Bonchev–Trinajstić information content (AvgIpc) is 3.91. The summed E-state index contributed by atoms with van der Waals surface area (Å²) < 4.78 is 4.84. The topological polar surface area (TPSA) is 129 Å². The maximum atomic E-state index is 13.9. The number of carboxylic acid groups (broad SMARTS) is 1. The summed E-state index contributed by atoms with van der Waals surface area (Å²) in [5, 5.41) is 13.2. The predicted molar refractivity (Wildman–Crippen MR) is 210 cm³/mol. The Morgan fingerprint density at radius 3 is 2.33 bits per heavy atom. The van der Waals surface area contributed by atoms with E-state index >= 15 is 0 Å². The van der Waals surface area contributed by atoms with Crippen molar-refractivity contribution in [3.05, 3.63) is 81.9 Å². The quantitative estimate of drug-likeness (QED) is 0.177. The van der Waals surface area contributed by atoms with Crippen LogP contribution in [0.2, 0.25) is 5.02 Å². The summed E-state index contributed by atoms with van der Waals surface area (Å²) in [7, 11) is 3.75. The van der Waals surface area contributed by atoms with Crippen LogP contribution in [0.4, 0.5) is 11.4 Å². The monoisotopic (exact) mass is 784 g/mol. The number of hydrogen-bond acceptors (Lipinski definition) is 7. The highest BCUT2D eigenvalue weighted by Gasteiger charge is 2.58. The van der Waals surface area contributed by atoms with Gasteiger partial charge >= 0.3 is 11.9 Å². The zero-order valence-corrected chi connectivity index (χ0v) is 32.8. The molecule has 12 nitrogen and oxygen atoms in total. The number of carbonyl (C=O) groups excluding carboxylic acids is 2. The van der Waals surface area contributed by atoms with Crippen molar-refractivity contribution in [1.29, 1.82) is 0 Å². The molecule has 2 bridgehead atoms. The third-order valence-electron chi connectivity index (χ3n) is 13.4. The number of nitrogens with zero attached hydrogens (tertiary/aromatic N) is 7. The summed E-state index contributed by atoms with van der Waals surface area (Å²) in [4.78, 5) is 53.9. The predicted octanol–water partition coefficient (Wildman–Crippen LogP) is 6.83. The van der Waals surface area contributed by atoms with E-state index in [0.29, 0.717) is 40.4 Å². The van der Waals surface area contributed by atoms with Gasteiger partial charge in [-0.1, -0.05) is 42.3 Å². The van der Waals surface area contributed by atoms with E-state index in [1.54, 1.807) is 18.2 Å². The summed E-state index contributed by atoms with van der Waals surface area (Å²) in [6, 6.07) is 13.3. The zero-order valence-electron chi connectivity index (χ0n) is 31.3. The third kappa shape index (κ3) is 6.25. The SMILES string of the molecule is Cn1c(C(=O)Nc2cccc(-c3cccc(N(Cl)C(=O)c4nc5c(n4C)CCN(CC46CCC(C(=O)O)(CC4)C6)C5)c3)c2Cl)nc2c1CCN(C1CCC1)C2. The van der Waals surface area contributed by atoms with E-state index < -0.39 is 17.3 Å². The first kappa shape index (κ1) is 36.4. The number of amides is 2. The first-order valence-electron chi connectivity index (χ1n) is 19.4. The molecule has 288 valence electrons. The van der Waals surface area contributed by atoms with Crippen LogP contribution < -0.4 is 9.74 Å². The van der Waals surface area contributed by atoms with Gasteiger partial charge in [-0.25, -0.2) is 14.4 Å². The second kappa shape index (κ2) is 13.8. The lowest BCUT2D eigenvalue weighted by Gasteiger charge is -2.39. The third-order valence-corrected chi connectivity index (χ3v) is 14.2. The Hall–Kier alpha value is -4.23. The first-order valence-corrected chi connectivity index (χ1v) is 20.2. The molecule has 0 radical (unpaired) electrons. The number of aromatic nitrogens is 4. The van der Waals surface area contributed by atoms with Crippen LogP contribution in [0.3, 0.4) is 0 Å². The van der Waals surface area contributed by atoms with Crippen LogP contribution >= 0.6 is 23.4 Å². The number of halogens is 2. The lowest BCUT2D eigenvalue weighted by molar-refractivity contribution is -0.148. The standard InChI is InChI=1S/C41H46Cl2N8O4/c1-47-33-13-19-50(26-7-4-8-26)22-31(33)44-35(47)37(52)46-29-11-5-10-28(34(29)42)25-6-3-9-27(20-25)51(43)38(53)36-45-30-21-49(18-12-32(30)48(36)2)24-40-14-16-41(23-40,17-15-40)39(54)55/h3,5-6,9-11,20,26H,4,7-8,12-19,21-24H2,1-2H3,(H,46,52)(H,54,55). The molecule has 4 heterocycles. The van der Waals surface area contributed by atoms with Crippen molar-refractivity contribution in [1.82, 2.24) is 28.9 Å². The lowest BCUT2D eigenvalue weighted by atomic mass is 9.81. The van der Waals surface area contributed by atoms with Crippen molar-refractivity contribution in [2.24, 2.45) is 24.9 Å². The van der Waals surface area contributed by atoms with Crippen LogP contribution in [0.25, 0.3) is 11.1 Å². The number of carbonyl (C=O) groups is 3. The first-order chi connectivity index (χ1) is 26.4. The van der Waals surface area contributed by atoms with Crippen LogP contribution in [0.15, 0.2) is 42.5 Å². The van der Waals surface area contributed by atoms with Crippen LogP contribution in [0.1, 0.15) is 95.4 Å². The van der Waals surface area contributed by atoms with E-state index in [1.807, 2.05) is 47.5 Å². The van der Waals surface area contributed by atoms with E-state index in [1.165, 1.54) is 19.3 Å². The van der Waals surface area contributed by atoms with E-state index in [0.717, 1.165) is 104 Å². The summed E-state index contributed by atoms with van der Waals surface area (Å²) in [5.74, 6) is -0.800. The second-order valence-electron chi connectivity index (χ2n) is 16.6. The molecule has 3 saturated carbocycles. The number of rotatable bonds is 9. The Labute approximate surface area is 330 Å². The van der Waals surface area contributed by atoms with Crippen molar-refractivity contribution in [3.63, 3.8) is 0 Å². The normalized spacial score (nSPS) is 23.6. The largest absolute Gasteiger partial charge is 0.481 e. The molecular weight excluding hydrogens is 739 g/mol. The van der Waals surface area contributed by atoms with Crippen molar-refractivity contribution in [3.8, 4) is 11.1 Å². The molecule has 3 aliphatic carbocycles. The van der Waals surface area contributed by atoms with E-state index in [4.69, 9.17) is 33.3 Å². The smallest absolute Gasteiger partial charge is 0.309 e. The van der Waals surface area contributed by atoms with Crippen LogP contribution in [0, 0.1) is 10.8 Å². The Morgan fingerprint density at radius 2 is 1.62 bits per heavy atom. The van der Waals surface area contributed by atoms with Gasteiger partial charge in [-0.15, -0.1) is 0 Å². The van der Waals surface area contributed by atoms with Gasteiger partial charge in [0.25, 0.3) is 5.91 Å². The van der Waals surface area contributed by atoms with Crippen molar-refractivity contribution >= 4 is 52.5 Å². The average molecular weight is 786 g/mol. The Kier molecular flexibility index (Phi) is 9.11. The molecule has 2 aromatic carbocycles. The molecule has 2 amide bonds. The fourth-order valence-electron chi connectivity index (χ4n) is 10.1. The number of anilines is 2. The van der Waals surface area contributed by atoms with Crippen LogP contribution in [-0.2, 0) is 44.8 Å². The van der Waals surface area contributed by atoms with Gasteiger partial charge in [0.2, 0.25) is 5.82 Å². The molecule has 14 heteroatoms. The van der Waals surface area contributed by atoms with Crippen LogP contribution in [0.5, 0.6) is 0 Å². The van der Waals surface area contributed by atoms with Crippen molar-refractivity contribution in [2.75, 3.05) is 29.4 Å². The number of hydrogen-bond donors (Lipinski definition) is 2. The molecule has 3 fully saturated rings. The number of aliphatic carboxylic acids is 1. The molecule has 0 unspecified atom stereocenters. The molecule has 0 atom stereocenters. The van der Waals surface area contributed by atoms with Crippen LogP contribution in [-0.4, -0.2) is 77.5 Å². The van der Waals surface area contributed by atoms with Crippen molar-refractivity contribution < 1.29 is 19.5 Å².